The molecular formula is C14H16BrFO2. The van der Waals surface area contributed by atoms with Crippen molar-refractivity contribution >= 4 is 21.7 Å². The summed E-state index contributed by atoms with van der Waals surface area (Å²) in [5, 5.41) is 10.3. The minimum atomic E-state index is -1.24. The number of ketones is 1. The molecule has 0 atom stereocenters. The van der Waals surface area contributed by atoms with Gasteiger partial charge in [-0.1, -0.05) is 41.3 Å². The van der Waals surface area contributed by atoms with Crippen molar-refractivity contribution in [1.82, 2.24) is 0 Å². The van der Waals surface area contributed by atoms with Crippen molar-refractivity contribution < 1.29 is 14.3 Å². The molecule has 0 amide bonds. The molecule has 0 unspecified atom stereocenters. The van der Waals surface area contributed by atoms with Gasteiger partial charge in [-0.05, 0) is 30.5 Å². The van der Waals surface area contributed by atoms with Crippen LogP contribution in [0.4, 0.5) is 4.39 Å². The van der Waals surface area contributed by atoms with Crippen LogP contribution in [0.25, 0.3) is 0 Å². The Labute approximate surface area is 114 Å². The van der Waals surface area contributed by atoms with Crippen molar-refractivity contribution in [2.24, 2.45) is 0 Å². The molecule has 0 radical (unpaired) electrons. The molecule has 0 heterocycles. The van der Waals surface area contributed by atoms with Crippen LogP contribution in [0.15, 0.2) is 22.7 Å². The van der Waals surface area contributed by atoms with Gasteiger partial charge in [-0.2, -0.15) is 0 Å². The van der Waals surface area contributed by atoms with Gasteiger partial charge in [0.25, 0.3) is 0 Å². The largest absolute Gasteiger partial charge is 0.382 e. The number of carbonyl (C=O) groups is 1. The standard InChI is InChI=1S/C14H16BrFO2/c15-11-5-4-10(12(16)9-11)8-13(17)14(18)6-2-1-3-7-14/h4-5,9,18H,1-3,6-8H2. The Morgan fingerprint density at radius 2 is 2.00 bits per heavy atom. The smallest absolute Gasteiger partial charge is 0.168 e. The first-order chi connectivity index (χ1) is 8.51. The molecule has 1 aromatic carbocycles. The fraction of sp³-hybridized carbons (Fsp3) is 0.500. The zero-order valence-electron chi connectivity index (χ0n) is 10.1. The number of hydrogen-bond acceptors (Lipinski definition) is 2. The van der Waals surface area contributed by atoms with Crippen molar-refractivity contribution in [3.63, 3.8) is 0 Å². The first-order valence-corrected chi connectivity index (χ1v) is 7.00. The van der Waals surface area contributed by atoms with Crippen LogP contribution in [0.3, 0.4) is 0 Å². The van der Waals surface area contributed by atoms with Gasteiger partial charge in [-0.15, -0.1) is 0 Å². The van der Waals surface area contributed by atoms with Gasteiger partial charge in [0.05, 0.1) is 0 Å². The van der Waals surface area contributed by atoms with Gasteiger partial charge in [-0.25, -0.2) is 4.39 Å². The van der Waals surface area contributed by atoms with Crippen molar-refractivity contribution in [3.05, 3.63) is 34.1 Å². The number of benzene rings is 1. The zero-order valence-corrected chi connectivity index (χ0v) is 11.7. The van der Waals surface area contributed by atoms with Crippen molar-refractivity contribution in [1.29, 1.82) is 0 Å². The predicted molar refractivity (Wildman–Crippen MR) is 70.8 cm³/mol. The lowest BCUT2D eigenvalue weighted by molar-refractivity contribution is -0.139. The first kappa shape index (κ1) is 13.7. The summed E-state index contributed by atoms with van der Waals surface area (Å²) in [4.78, 5) is 12.1. The SMILES string of the molecule is O=C(Cc1ccc(Br)cc1F)C1(O)CCCCC1. The maximum Gasteiger partial charge on any atom is 0.168 e. The minimum absolute atomic E-state index is 0.0321. The van der Waals surface area contributed by atoms with Gasteiger partial charge in [0.15, 0.2) is 5.78 Å². The van der Waals surface area contributed by atoms with E-state index in [0.717, 1.165) is 19.3 Å². The van der Waals surface area contributed by atoms with E-state index in [1.54, 1.807) is 12.1 Å². The molecule has 1 aromatic rings. The molecular weight excluding hydrogens is 299 g/mol. The van der Waals surface area contributed by atoms with Gasteiger partial charge in [0, 0.05) is 10.9 Å². The molecule has 18 heavy (non-hydrogen) atoms. The quantitative estimate of drug-likeness (QED) is 0.928. The van der Waals surface area contributed by atoms with Crippen LogP contribution in [-0.2, 0) is 11.2 Å². The number of aliphatic hydroxyl groups is 1. The number of carbonyl (C=O) groups excluding carboxylic acids is 1. The van der Waals surface area contributed by atoms with E-state index in [1.807, 2.05) is 0 Å². The topological polar surface area (TPSA) is 37.3 Å². The van der Waals surface area contributed by atoms with Gasteiger partial charge in [-0.3, -0.25) is 4.79 Å². The average Bonchev–Trinajstić information content (AvgIpc) is 2.33. The normalized spacial score (nSPS) is 18.6. The van der Waals surface area contributed by atoms with Crippen molar-refractivity contribution in [2.45, 2.75) is 44.1 Å². The van der Waals surface area contributed by atoms with E-state index in [1.165, 1.54) is 6.07 Å². The fourth-order valence-corrected chi connectivity index (χ4v) is 2.75. The lowest BCUT2D eigenvalue weighted by Gasteiger charge is -2.30. The van der Waals surface area contributed by atoms with Crippen molar-refractivity contribution in [3.8, 4) is 0 Å². The van der Waals surface area contributed by atoms with Gasteiger partial charge in [0.1, 0.15) is 11.4 Å². The zero-order chi connectivity index (χ0) is 13.2. The third-order valence-corrected chi connectivity index (χ3v) is 4.06. The Bertz CT molecular complexity index is 453. The van der Waals surface area contributed by atoms with Crippen LogP contribution in [0, 0.1) is 5.82 Å². The average molecular weight is 315 g/mol. The second-order valence-electron chi connectivity index (χ2n) is 4.93. The molecule has 98 valence electrons. The van der Waals surface area contributed by atoms with E-state index in [9.17, 15) is 14.3 Å². The monoisotopic (exact) mass is 314 g/mol. The molecule has 1 saturated carbocycles. The van der Waals surface area contributed by atoms with E-state index in [-0.39, 0.29) is 12.2 Å². The van der Waals surface area contributed by atoms with Crippen LogP contribution in [0.2, 0.25) is 0 Å². The molecule has 0 spiro atoms. The van der Waals surface area contributed by atoms with Crippen LogP contribution in [-0.4, -0.2) is 16.5 Å². The third kappa shape index (κ3) is 2.98. The number of Topliss-reactive ketones (excluding diaryl/α,β-unsaturated/α-hetero) is 1. The molecule has 0 aliphatic heterocycles. The van der Waals surface area contributed by atoms with Crippen LogP contribution >= 0.6 is 15.9 Å². The Kier molecular flexibility index (Phi) is 4.17. The lowest BCUT2D eigenvalue weighted by Crippen LogP contribution is -2.41. The number of hydrogen-bond donors (Lipinski definition) is 1. The number of halogens is 2. The Morgan fingerprint density at radius 1 is 1.33 bits per heavy atom. The molecule has 0 aromatic heterocycles. The fourth-order valence-electron chi connectivity index (χ4n) is 2.42. The highest BCUT2D eigenvalue weighted by Crippen LogP contribution is 2.30. The first-order valence-electron chi connectivity index (χ1n) is 6.21. The van der Waals surface area contributed by atoms with E-state index in [2.05, 4.69) is 15.9 Å². The summed E-state index contributed by atoms with van der Waals surface area (Å²) in [7, 11) is 0. The molecule has 1 N–H and O–H groups in total. The number of rotatable bonds is 3. The van der Waals surface area contributed by atoms with E-state index in [4.69, 9.17) is 0 Å². The molecule has 0 bridgehead atoms. The summed E-state index contributed by atoms with van der Waals surface area (Å²) < 4.78 is 14.3. The second-order valence-corrected chi connectivity index (χ2v) is 5.84. The van der Waals surface area contributed by atoms with Crippen LogP contribution in [0.5, 0.6) is 0 Å². The summed E-state index contributed by atoms with van der Waals surface area (Å²) in [5.41, 5.74) is -0.889. The highest BCUT2D eigenvalue weighted by molar-refractivity contribution is 9.10. The van der Waals surface area contributed by atoms with Gasteiger partial charge >= 0.3 is 0 Å². The highest BCUT2D eigenvalue weighted by atomic mass is 79.9. The van der Waals surface area contributed by atoms with E-state index in [0.29, 0.717) is 22.9 Å². The van der Waals surface area contributed by atoms with Crippen molar-refractivity contribution in [2.75, 3.05) is 0 Å². The predicted octanol–water partition coefficient (Wildman–Crippen LogP) is 3.40. The summed E-state index contributed by atoms with van der Waals surface area (Å²) in [6.07, 6.45) is 3.77. The Hall–Kier alpha value is -0.740. The van der Waals surface area contributed by atoms with Crippen LogP contribution in [0.1, 0.15) is 37.7 Å². The lowest BCUT2D eigenvalue weighted by atomic mass is 9.80. The molecule has 1 fully saturated rings. The van der Waals surface area contributed by atoms with E-state index < -0.39 is 11.4 Å². The Balaban J connectivity index is 2.11. The molecule has 2 rings (SSSR count). The molecule has 1 aliphatic rings. The van der Waals surface area contributed by atoms with Gasteiger partial charge < -0.3 is 5.11 Å². The molecule has 4 heteroatoms. The van der Waals surface area contributed by atoms with Gasteiger partial charge in [0.2, 0.25) is 0 Å². The maximum absolute atomic E-state index is 13.6. The summed E-state index contributed by atoms with van der Waals surface area (Å²) >= 11 is 3.18. The van der Waals surface area contributed by atoms with E-state index >= 15 is 0 Å². The Morgan fingerprint density at radius 3 is 2.61 bits per heavy atom. The maximum atomic E-state index is 13.6. The summed E-state index contributed by atoms with van der Waals surface area (Å²) in [6.45, 7) is 0. The molecule has 2 nitrogen and oxygen atoms in total. The summed E-state index contributed by atoms with van der Waals surface area (Å²) in [6, 6.07) is 4.63. The second kappa shape index (κ2) is 5.49. The minimum Gasteiger partial charge on any atom is -0.382 e. The molecule has 0 saturated heterocycles. The van der Waals surface area contributed by atoms with Crippen LogP contribution < -0.4 is 0 Å². The summed E-state index contributed by atoms with van der Waals surface area (Å²) in [5.74, 6) is -0.666. The third-order valence-electron chi connectivity index (χ3n) is 3.57. The molecule has 1 aliphatic carbocycles. The highest BCUT2D eigenvalue weighted by Gasteiger charge is 2.36.